The first-order valence-electron chi connectivity index (χ1n) is 11.3. The van der Waals surface area contributed by atoms with E-state index in [1.807, 2.05) is 30.3 Å². The summed E-state index contributed by atoms with van der Waals surface area (Å²) < 4.78 is 8.26. The van der Waals surface area contributed by atoms with Crippen molar-refractivity contribution in [2.45, 2.75) is 12.8 Å². The van der Waals surface area contributed by atoms with Gasteiger partial charge >= 0.3 is 0 Å². The lowest BCUT2D eigenvalue weighted by Gasteiger charge is -2.28. The summed E-state index contributed by atoms with van der Waals surface area (Å²) in [6, 6.07) is 31.3. The van der Waals surface area contributed by atoms with E-state index in [4.69, 9.17) is 19.8 Å². The van der Waals surface area contributed by atoms with Gasteiger partial charge in [-0.1, -0.05) is 90.5 Å². The molecule has 1 aliphatic heterocycles. The van der Waals surface area contributed by atoms with Crippen molar-refractivity contribution >= 4 is 16.4 Å². The number of ether oxygens (including phenoxy) is 1. The van der Waals surface area contributed by atoms with E-state index in [9.17, 15) is 0 Å². The van der Waals surface area contributed by atoms with Crippen LogP contribution >= 0.6 is 0 Å². The van der Waals surface area contributed by atoms with Gasteiger partial charge in [-0.25, -0.2) is 14.5 Å². The smallest absolute Gasteiger partial charge is 0.228 e. The van der Waals surface area contributed by atoms with Crippen LogP contribution in [0.1, 0.15) is 28.2 Å². The number of benzene rings is 4. The van der Waals surface area contributed by atoms with Crippen molar-refractivity contribution in [3.63, 3.8) is 0 Å². The Morgan fingerprint density at radius 2 is 1.71 bits per heavy atom. The molecule has 0 bridgehead atoms. The molecule has 34 heavy (non-hydrogen) atoms. The molecule has 1 aliphatic rings. The highest BCUT2D eigenvalue weighted by Crippen LogP contribution is 2.50. The first-order chi connectivity index (χ1) is 16.8. The summed E-state index contributed by atoms with van der Waals surface area (Å²) in [6.45, 7) is 2.07. The summed E-state index contributed by atoms with van der Waals surface area (Å²) in [5.74, 6) is 2.04. The average Bonchev–Trinajstić information content (AvgIpc) is 3.33. The summed E-state index contributed by atoms with van der Waals surface area (Å²) >= 11 is 0. The second-order valence-electron chi connectivity index (χ2n) is 8.69. The minimum absolute atomic E-state index is 0.0738. The van der Waals surface area contributed by atoms with Gasteiger partial charge in [0.1, 0.15) is 12.1 Å². The van der Waals surface area contributed by atoms with Crippen LogP contribution in [-0.4, -0.2) is 19.6 Å². The topological polar surface area (TPSA) is 52.3 Å². The number of aromatic nitrogens is 4. The monoisotopic (exact) mass is 440 g/mol. The molecular formula is C29H20N4O. The van der Waals surface area contributed by atoms with Gasteiger partial charge in [-0.15, -0.1) is 5.10 Å². The largest absolute Gasteiger partial charge is 0.438 e. The van der Waals surface area contributed by atoms with Crippen molar-refractivity contribution in [1.82, 2.24) is 19.6 Å². The van der Waals surface area contributed by atoms with Gasteiger partial charge in [-0.3, -0.25) is 0 Å². The Balaban J connectivity index is 1.52. The number of rotatable bonds is 2. The van der Waals surface area contributed by atoms with Crippen molar-refractivity contribution in [2.24, 2.45) is 0 Å². The van der Waals surface area contributed by atoms with E-state index in [-0.39, 0.29) is 5.92 Å². The second kappa shape index (κ2) is 7.25. The Morgan fingerprint density at radius 3 is 2.59 bits per heavy atom. The molecule has 5 nitrogen and oxygen atoms in total. The van der Waals surface area contributed by atoms with E-state index in [2.05, 4.69) is 67.6 Å². The third-order valence-corrected chi connectivity index (χ3v) is 6.50. The molecule has 0 radical (unpaired) electrons. The number of hydrogen-bond acceptors (Lipinski definition) is 4. The van der Waals surface area contributed by atoms with Crippen LogP contribution in [0.5, 0.6) is 11.6 Å². The molecule has 0 fully saturated rings. The molecule has 3 heterocycles. The quantitative estimate of drug-likeness (QED) is 0.306. The molecule has 4 aromatic carbocycles. The Bertz CT molecular complexity index is 1700. The zero-order chi connectivity index (χ0) is 22.6. The van der Waals surface area contributed by atoms with Crippen LogP contribution in [0.3, 0.4) is 0 Å². The summed E-state index contributed by atoms with van der Waals surface area (Å²) in [5.41, 5.74) is 6.11. The standard InChI is InChI=1S/C29H20N4O/c1-18-8-7-12-21(16-18)27-31-28-25-24(20-10-3-2-4-11-20)23-15-14-19-9-5-6-13-22(19)26(23)34-29(25)30-17-33(28)32-27/h2-17,24H,1H3. The van der Waals surface area contributed by atoms with Crippen LogP contribution in [0.4, 0.5) is 0 Å². The summed E-state index contributed by atoms with van der Waals surface area (Å²) in [4.78, 5) is 9.67. The molecule has 0 amide bonds. The van der Waals surface area contributed by atoms with E-state index < -0.39 is 0 Å². The lowest BCUT2D eigenvalue weighted by Crippen LogP contribution is -2.15. The second-order valence-corrected chi connectivity index (χ2v) is 8.69. The van der Waals surface area contributed by atoms with E-state index in [1.54, 1.807) is 10.8 Å². The van der Waals surface area contributed by atoms with Gasteiger partial charge in [0.2, 0.25) is 5.88 Å². The molecule has 0 spiro atoms. The van der Waals surface area contributed by atoms with Gasteiger partial charge in [0.25, 0.3) is 0 Å². The summed E-state index contributed by atoms with van der Waals surface area (Å²) in [7, 11) is 0. The lowest BCUT2D eigenvalue weighted by atomic mass is 9.83. The van der Waals surface area contributed by atoms with E-state index in [0.717, 1.165) is 38.9 Å². The molecule has 7 rings (SSSR count). The van der Waals surface area contributed by atoms with E-state index >= 15 is 0 Å². The highest BCUT2D eigenvalue weighted by molar-refractivity contribution is 5.91. The number of aryl methyl sites for hydroxylation is 1. The fourth-order valence-electron chi connectivity index (χ4n) is 4.95. The van der Waals surface area contributed by atoms with Gasteiger partial charge in [-0.05, 0) is 23.9 Å². The van der Waals surface area contributed by atoms with E-state index in [0.29, 0.717) is 11.7 Å². The summed E-state index contributed by atoms with van der Waals surface area (Å²) in [6.07, 6.45) is 1.69. The number of fused-ring (bicyclic) bond motifs is 6. The fourth-order valence-corrected chi connectivity index (χ4v) is 4.95. The molecule has 0 aliphatic carbocycles. The average molecular weight is 441 g/mol. The first kappa shape index (κ1) is 19.0. The van der Waals surface area contributed by atoms with Crippen molar-refractivity contribution < 1.29 is 4.74 Å². The third-order valence-electron chi connectivity index (χ3n) is 6.50. The zero-order valence-electron chi connectivity index (χ0n) is 18.5. The fraction of sp³-hybridized carbons (Fsp3) is 0.0690. The molecule has 0 saturated carbocycles. The number of hydrogen-bond donors (Lipinski definition) is 0. The molecule has 1 unspecified atom stereocenters. The molecule has 0 N–H and O–H groups in total. The predicted octanol–water partition coefficient (Wildman–Crippen LogP) is 6.54. The van der Waals surface area contributed by atoms with Crippen LogP contribution in [0.25, 0.3) is 27.8 Å². The van der Waals surface area contributed by atoms with Crippen LogP contribution in [0, 0.1) is 6.92 Å². The predicted molar refractivity (Wildman–Crippen MR) is 132 cm³/mol. The maximum absolute atomic E-state index is 6.49. The van der Waals surface area contributed by atoms with Crippen molar-refractivity contribution in [3.8, 4) is 23.0 Å². The van der Waals surface area contributed by atoms with Gasteiger partial charge in [0.05, 0.1) is 5.56 Å². The zero-order valence-corrected chi connectivity index (χ0v) is 18.5. The third kappa shape index (κ3) is 2.83. The van der Waals surface area contributed by atoms with Gasteiger partial charge < -0.3 is 4.74 Å². The Morgan fingerprint density at radius 1 is 0.853 bits per heavy atom. The van der Waals surface area contributed by atoms with Crippen molar-refractivity contribution in [1.29, 1.82) is 0 Å². The minimum atomic E-state index is -0.0738. The van der Waals surface area contributed by atoms with Gasteiger partial charge in [0, 0.05) is 22.4 Å². The minimum Gasteiger partial charge on any atom is -0.438 e. The molecular weight excluding hydrogens is 420 g/mol. The molecule has 5 heteroatoms. The molecule has 1 atom stereocenters. The van der Waals surface area contributed by atoms with Crippen LogP contribution in [-0.2, 0) is 0 Å². The van der Waals surface area contributed by atoms with Gasteiger partial charge in [-0.2, -0.15) is 0 Å². The highest BCUT2D eigenvalue weighted by atomic mass is 16.5. The first-order valence-corrected chi connectivity index (χ1v) is 11.3. The highest BCUT2D eigenvalue weighted by Gasteiger charge is 2.34. The van der Waals surface area contributed by atoms with Crippen LogP contribution in [0.2, 0.25) is 0 Å². The van der Waals surface area contributed by atoms with Crippen LogP contribution < -0.4 is 4.74 Å². The van der Waals surface area contributed by atoms with Crippen LogP contribution in [0.15, 0.2) is 97.3 Å². The number of nitrogens with zero attached hydrogens (tertiary/aromatic N) is 4. The van der Waals surface area contributed by atoms with Crippen molar-refractivity contribution in [3.05, 3.63) is 120 Å². The molecule has 0 saturated heterocycles. The Hall–Kier alpha value is -4.51. The SMILES string of the molecule is Cc1cccc(-c2nc3c4c(ncn3n2)Oc2c(ccc3ccccc23)C4c2ccccc2)c1. The maximum atomic E-state index is 6.49. The normalized spacial score (nSPS) is 14.6. The Kier molecular flexibility index (Phi) is 4.05. The van der Waals surface area contributed by atoms with Gasteiger partial charge in [0.15, 0.2) is 11.5 Å². The molecule has 162 valence electrons. The molecule has 2 aromatic heterocycles. The maximum Gasteiger partial charge on any atom is 0.228 e. The summed E-state index contributed by atoms with van der Waals surface area (Å²) in [5, 5.41) is 6.97. The van der Waals surface area contributed by atoms with Crippen molar-refractivity contribution in [2.75, 3.05) is 0 Å². The van der Waals surface area contributed by atoms with E-state index in [1.165, 1.54) is 11.1 Å². The molecule has 6 aromatic rings. The lowest BCUT2D eigenvalue weighted by molar-refractivity contribution is 0.437. The Labute approximate surface area is 196 Å².